The van der Waals surface area contributed by atoms with Crippen molar-refractivity contribution in [1.29, 1.82) is 0 Å². The zero-order valence-corrected chi connectivity index (χ0v) is 14.8. The van der Waals surface area contributed by atoms with Gasteiger partial charge in [-0.1, -0.05) is 25.0 Å². The molecule has 140 valence electrons. The van der Waals surface area contributed by atoms with Crippen molar-refractivity contribution in [2.24, 2.45) is 5.73 Å². The molecule has 0 aromatic heterocycles. The number of amides is 1. The quantitative estimate of drug-likeness (QED) is 0.549. The predicted molar refractivity (Wildman–Crippen MR) is 96.3 cm³/mol. The van der Waals surface area contributed by atoms with E-state index < -0.39 is 12.7 Å². The smallest absolute Gasteiger partial charge is 0.375 e. The highest BCUT2D eigenvalue weighted by Crippen LogP contribution is 2.23. The van der Waals surface area contributed by atoms with Gasteiger partial charge in [0.1, 0.15) is 6.54 Å². The van der Waals surface area contributed by atoms with Gasteiger partial charge in [-0.05, 0) is 31.5 Å². The van der Waals surface area contributed by atoms with Crippen LogP contribution in [0.15, 0.2) is 24.3 Å². The van der Waals surface area contributed by atoms with Crippen LogP contribution >= 0.6 is 24.8 Å². The molecular weight excluding hydrogens is 366 g/mol. The van der Waals surface area contributed by atoms with Crippen LogP contribution in [0.5, 0.6) is 0 Å². The number of hydrogen-bond acceptors (Lipinski definition) is 3. The first kappa shape index (κ1) is 25.1. The van der Waals surface area contributed by atoms with E-state index in [4.69, 9.17) is 5.73 Å². The van der Waals surface area contributed by atoms with Crippen LogP contribution in [0, 0.1) is 0 Å². The van der Waals surface area contributed by atoms with E-state index in [2.05, 4.69) is 10.6 Å². The number of para-hydroxylation sites is 2. The highest BCUT2D eigenvalue weighted by molar-refractivity contribution is 5.94. The molecule has 24 heavy (non-hydrogen) atoms. The monoisotopic (exact) mass is 389 g/mol. The van der Waals surface area contributed by atoms with Crippen LogP contribution in [-0.4, -0.2) is 25.2 Å². The molecule has 0 saturated carbocycles. The van der Waals surface area contributed by atoms with Crippen molar-refractivity contribution in [3.8, 4) is 0 Å². The lowest BCUT2D eigenvalue weighted by Gasteiger charge is -2.14. The molecule has 9 heteroatoms. The maximum Gasteiger partial charge on any atom is 0.405 e. The third kappa shape index (κ3) is 11.4. The van der Waals surface area contributed by atoms with Gasteiger partial charge in [-0.2, -0.15) is 13.2 Å². The Morgan fingerprint density at radius 3 is 2.17 bits per heavy atom. The van der Waals surface area contributed by atoms with Crippen molar-refractivity contribution in [2.45, 2.75) is 38.3 Å². The zero-order valence-electron chi connectivity index (χ0n) is 13.2. The van der Waals surface area contributed by atoms with E-state index in [0.717, 1.165) is 25.7 Å². The van der Waals surface area contributed by atoms with Gasteiger partial charge in [-0.15, -0.1) is 24.8 Å². The van der Waals surface area contributed by atoms with Gasteiger partial charge in [0.25, 0.3) is 0 Å². The molecule has 0 aliphatic carbocycles. The summed E-state index contributed by atoms with van der Waals surface area (Å²) in [6.45, 7) is -0.497. The highest BCUT2D eigenvalue weighted by Gasteiger charge is 2.26. The molecule has 0 aliphatic rings. The van der Waals surface area contributed by atoms with Gasteiger partial charge in [0.05, 0.1) is 11.4 Å². The molecule has 0 unspecified atom stereocenters. The molecule has 1 aromatic rings. The van der Waals surface area contributed by atoms with Gasteiger partial charge >= 0.3 is 6.18 Å². The number of nitrogens with two attached hydrogens (primary N) is 1. The van der Waals surface area contributed by atoms with Gasteiger partial charge in [0.15, 0.2) is 0 Å². The SMILES string of the molecule is Cl.Cl.NCCCCCCC(=O)Nc1ccccc1NCC(F)(F)F. The topological polar surface area (TPSA) is 67.2 Å². The van der Waals surface area contributed by atoms with E-state index >= 15 is 0 Å². The van der Waals surface area contributed by atoms with Crippen molar-refractivity contribution < 1.29 is 18.0 Å². The molecule has 4 N–H and O–H groups in total. The number of carbonyl (C=O) groups excluding carboxylic acids is 1. The lowest BCUT2D eigenvalue weighted by molar-refractivity contribution is -0.116. The van der Waals surface area contributed by atoms with Crippen LogP contribution in [0.1, 0.15) is 32.1 Å². The molecule has 1 aromatic carbocycles. The molecule has 0 bridgehead atoms. The van der Waals surface area contributed by atoms with Crippen LogP contribution in [0.2, 0.25) is 0 Å². The van der Waals surface area contributed by atoms with Crippen molar-refractivity contribution in [1.82, 2.24) is 0 Å². The maximum atomic E-state index is 12.2. The van der Waals surface area contributed by atoms with Crippen LogP contribution in [-0.2, 0) is 4.79 Å². The second kappa shape index (κ2) is 13.1. The number of anilines is 2. The van der Waals surface area contributed by atoms with Gasteiger partial charge < -0.3 is 16.4 Å². The molecule has 0 aliphatic heterocycles. The second-order valence-corrected chi connectivity index (χ2v) is 5.02. The summed E-state index contributed by atoms with van der Waals surface area (Å²) >= 11 is 0. The number of benzene rings is 1. The van der Waals surface area contributed by atoms with Gasteiger partial charge in [0.2, 0.25) is 5.91 Å². The van der Waals surface area contributed by atoms with Crippen LogP contribution in [0.3, 0.4) is 0 Å². The Labute approximate surface area is 152 Å². The number of carbonyl (C=O) groups is 1. The van der Waals surface area contributed by atoms with Crippen LogP contribution < -0.4 is 16.4 Å². The molecule has 1 rings (SSSR count). The molecule has 0 saturated heterocycles. The molecule has 4 nitrogen and oxygen atoms in total. The first-order valence-corrected chi connectivity index (χ1v) is 7.32. The fourth-order valence-corrected chi connectivity index (χ4v) is 1.94. The normalized spacial score (nSPS) is 10.3. The summed E-state index contributed by atoms with van der Waals surface area (Å²) in [4.78, 5) is 11.8. The molecule has 0 fully saturated rings. The fourth-order valence-electron chi connectivity index (χ4n) is 1.94. The predicted octanol–water partition coefficient (Wildman–Crippen LogP) is 4.35. The van der Waals surface area contributed by atoms with Crippen LogP contribution in [0.25, 0.3) is 0 Å². The fraction of sp³-hybridized carbons (Fsp3) is 0.533. The number of unbranched alkanes of at least 4 members (excludes halogenated alkanes) is 3. The summed E-state index contributed by atoms with van der Waals surface area (Å²) in [5.74, 6) is -0.200. The minimum Gasteiger partial charge on any atom is -0.375 e. The van der Waals surface area contributed by atoms with E-state index in [0.29, 0.717) is 18.7 Å². The third-order valence-electron chi connectivity index (χ3n) is 3.04. The maximum absolute atomic E-state index is 12.2. The van der Waals surface area contributed by atoms with E-state index in [1.54, 1.807) is 18.2 Å². The third-order valence-corrected chi connectivity index (χ3v) is 3.04. The summed E-state index contributed by atoms with van der Waals surface area (Å²) in [5, 5.41) is 4.93. The lowest BCUT2D eigenvalue weighted by Crippen LogP contribution is -2.22. The standard InChI is InChI=1S/C15H22F3N3O.2ClH/c16-15(17,18)11-20-12-7-4-5-8-13(12)21-14(22)9-3-1-2-6-10-19;;/h4-5,7-8,20H,1-3,6,9-11,19H2,(H,21,22);2*1H. The number of halogens is 5. The molecule has 1 amide bonds. The number of hydrogen-bond donors (Lipinski definition) is 3. The highest BCUT2D eigenvalue weighted by atomic mass is 35.5. The van der Waals surface area contributed by atoms with E-state index in [1.807, 2.05) is 0 Å². The van der Waals surface area contributed by atoms with Crippen molar-refractivity contribution in [2.75, 3.05) is 23.7 Å². The first-order valence-electron chi connectivity index (χ1n) is 7.32. The summed E-state index contributed by atoms with van der Waals surface area (Å²) in [6, 6.07) is 6.35. The van der Waals surface area contributed by atoms with Gasteiger partial charge in [0, 0.05) is 6.42 Å². The first-order chi connectivity index (χ1) is 10.4. The molecule has 0 radical (unpaired) electrons. The Kier molecular flexibility index (Phi) is 13.7. The van der Waals surface area contributed by atoms with Gasteiger partial charge in [-0.3, -0.25) is 4.79 Å². The molecule has 0 spiro atoms. The molecule has 0 atom stereocenters. The second-order valence-electron chi connectivity index (χ2n) is 5.02. The van der Waals surface area contributed by atoms with Crippen LogP contribution in [0.4, 0.5) is 24.5 Å². The average molecular weight is 390 g/mol. The lowest BCUT2D eigenvalue weighted by atomic mass is 10.1. The Morgan fingerprint density at radius 1 is 1.00 bits per heavy atom. The largest absolute Gasteiger partial charge is 0.405 e. The minimum atomic E-state index is -4.31. The molecular formula is C15H24Cl2F3N3O. The zero-order chi connectivity index (χ0) is 16.4. The summed E-state index contributed by atoms with van der Waals surface area (Å²) in [5.41, 5.74) is 6.00. The van der Waals surface area contributed by atoms with Crippen molar-refractivity contribution >= 4 is 42.1 Å². The van der Waals surface area contributed by atoms with E-state index in [9.17, 15) is 18.0 Å². The number of rotatable bonds is 9. The van der Waals surface area contributed by atoms with E-state index in [1.165, 1.54) is 6.07 Å². The summed E-state index contributed by atoms with van der Waals surface area (Å²) in [7, 11) is 0. The number of alkyl halides is 3. The molecule has 0 heterocycles. The van der Waals surface area contributed by atoms with E-state index in [-0.39, 0.29) is 36.4 Å². The Balaban J connectivity index is 0. The van der Waals surface area contributed by atoms with Crippen molar-refractivity contribution in [3.63, 3.8) is 0 Å². The summed E-state index contributed by atoms with van der Waals surface area (Å²) in [6.07, 6.45) is -0.389. The van der Waals surface area contributed by atoms with Crippen molar-refractivity contribution in [3.05, 3.63) is 24.3 Å². The van der Waals surface area contributed by atoms with Gasteiger partial charge in [-0.25, -0.2) is 0 Å². The Bertz CT molecular complexity index is 474. The Hall–Kier alpha value is -1.18. The Morgan fingerprint density at radius 2 is 1.58 bits per heavy atom. The summed E-state index contributed by atoms with van der Waals surface area (Å²) < 4.78 is 36.7. The number of nitrogens with one attached hydrogen (secondary N) is 2. The average Bonchev–Trinajstić information content (AvgIpc) is 2.45. The minimum absolute atomic E-state index is 0.